The Kier molecular flexibility index (Phi) is 4.76. The zero-order chi connectivity index (χ0) is 18.1. The molecule has 0 N–H and O–H groups in total. The van der Waals surface area contributed by atoms with Crippen molar-refractivity contribution in [2.24, 2.45) is 0 Å². The number of fused-ring (bicyclic) bond motifs is 1. The highest BCUT2D eigenvalue weighted by Gasteiger charge is 2.40. The van der Waals surface area contributed by atoms with Crippen LogP contribution in [0.4, 0.5) is 0 Å². The number of carbonyl (C=O) groups excluding carboxylic acids is 1. The lowest BCUT2D eigenvalue weighted by atomic mass is 9.85. The average molecular weight is 354 g/mol. The minimum Gasteiger partial charge on any atom is -0.341 e. The number of carbonyl (C=O) groups is 1. The van der Waals surface area contributed by atoms with E-state index < -0.39 is 0 Å². The van der Waals surface area contributed by atoms with Gasteiger partial charge in [0.1, 0.15) is 6.54 Å². The number of benzene rings is 1. The quantitative estimate of drug-likeness (QED) is 0.829. The number of piperidine rings is 1. The van der Waals surface area contributed by atoms with E-state index in [2.05, 4.69) is 51.6 Å². The molecule has 0 atom stereocenters. The van der Waals surface area contributed by atoms with Crippen LogP contribution >= 0.6 is 0 Å². The molecule has 5 heteroatoms. The number of likely N-dealkylation sites (tertiary alicyclic amines) is 1. The van der Waals surface area contributed by atoms with Crippen LogP contribution in [0.25, 0.3) is 10.9 Å². The summed E-state index contributed by atoms with van der Waals surface area (Å²) in [6, 6.07) is 10.3. The highest BCUT2D eigenvalue weighted by molar-refractivity contribution is 5.83. The van der Waals surface area contributed by atoms with Crippen LogP contribution in [0.3, 0.4) is 0 Å². The van der Waals surface area contributed by atoms with E-state index in [1.54, 1.807) is 0 Å². The number of amides is 1. The standard InChI is InChI=1S/C21H30N4O/c1-22-11-5-12-23(2)21(17-22)9-14-24(15-10-21)20(26)16-25-13-8-18-6-3-4-7-19(18)25/h3-4,6-8,13H,5,9-12,14-17H2,1-2H3. The van der Waals surface area contributed by atoms with Gasteiger partial charge in [0.15, 0.2) is 0 Å². The zero-order valence-corrected chi connectivity index (χ0v) is 16.0. The Balaban J connectivity index is 1.42. The molecule has 26 heavy (non-hydrogen) atoms. The second kappa shape index (κ2) is 7.05. The molecule has 0 unspecified atom stereocenters. The normalized spacial score (nSPS) is 22.0. The summed E-state index contributed by atoms with van der Waals surface area (Å²) in [5.74, 6) is 0.242. The smallest absolute Gasteiger partial charge is 0.242 e. The molecule has 2 aliphatic heterocycles. The summed E-state index contributed by atoms with van der Waals surface area (Å²) in [5.41, 5.74) is 1.38. The Morgan fingerprint density at radius 3 is 2.62 bits per heavy atom. The van der Waals surface area contributed by atoms with Crippen LogP contribution in [0.5, 0.6) is 0 Å². The lowest BCUT2D eigenvalue weighted by molar-refractivity contribution is -0.134. The highest BCUT2D eigenvalue weighted by atomic mass is 16.2. The van der Waals surface area contributed by atoms with Gasteiger partial charge in [-0.15, -0.1) is 0 Å². The number of likely N-dealkylation sites (N-methyl/N-ethyl adjacent to an activating group) is 2. The maximum Gasteiger partial charge on any atom is 0.242 e. The molecule has 1 amide bonds. The van der Waals surface area contributed by atoms with Crippen molar-refractivity contribution >= 4 is 16.8 Å². The monoisotopic (exact) mass is 354 g/mol. The number of aromatic nitrogens is 1. The van der Waals surface area contributed by atoms with E-state index in [0.717, 1.165) is 44.5 Å². The van der Waals surface area contributed by atoms with E-state index in [9.17, 15) is 4.79 Å². The lowest BCUT2D eigenvalue weighted by Gasteiger charge is -2.47. The minimum atomic E-state index is 0.238. The summed E-state index contributed by atoms with van der Waals surface area (Å²) in [6.07, 6.45) is 5.41. The summed E-state index contributed by atoms with van der Waals surface area (Å²) in [6.45, 7) is 5.64. The molecule has 1 spiro atoms. The fourth-order valence-corrected chi connectivity index (χ4v) is 4.75. The van der Waals surface area contributed by atoms with E-state index in [0.29, 0.717) is 6.54 Å². The number of rotatable bonds is 2. The number of hydrogen-bond donors (Lipinski definition) is 0. The minimum absolute atomic E-state index is 0.238. The molecule has 2 fully saturated rings. The van der Waals surface area contributed by atoms with Crippen molar-refractivity contribution in [3.63, 3.8) is 0 Å². The summed E-state index contributed by atoms with van der Waals surface area (Å²) >= 11 is 0. The number of nitrogens with zero attached hydrogens (tertiary/aromatic N) is 4. The van der Waals surface area contributed by atoms with Crippen molar-refractivity contribution < 1.29 is 4.79 Å². The van der Waals surface area contributed by atoms with Crippen LogP contribution in [0.15, 0.2) is 36.5 Å². The molecule has 2 saturated heterocycles. The molecule has 2 aromatic rings. The maximum absolute atomic E-state index is 12.9. The molecule has 0 saturated carbocycles. The molecule has 2 aliphatic rings. The summed E-state index contributed by atoms with van der Waals surface area (Å²) in [5, 5.41) is 1.20. The topological polar surface area (TPSA) is 31.7 Å². The van der Waals surface area contributed by atoms with Gasteiger partial charge in [-0.25, -0.2) is 0 Å². The molecular weight excluding hydrogens is 324 g/mol. The lowest BCUT2D eigenvalue weighted by Crippen LogP contribution is -2.58. The Labute approximate surface area is 156 Å². The summed E-state index contributed by atoms with van der Waals surface area (Å²) < 4.78 is 2.08. The third kappa shape index (κ3) is 3.26. The fourth-order valence-electron chi connectivity index (χ4n) is 4.75. The van der Waals surface area contributed by atoms with Crippen molar-refractivity contribution in [1.29, 1.82) is 0 Å². The van der Waals surface area contributed by atoms with Gasteiger partial charge in [-0.05, 0) is 64.0 Å². The third-order valence-corrected chi connectivity index (χ3v) is 6.44. The Hall–Kier alpha value is -1.85. The molecular formula is C21H30N4O. The summed E-state index contributed by atoms with van der Waals surface area (Å²) in [7, 11) is 4.50. The molecule has 4 rings (SSSR count). The molecule has 0 radical (unpaired) electrons. The van der Waals surface area contributed by atoms with Gasteiger partial charge in [-0.2, -0.15) is 0 Å². The molecule has 1 aromatic heterocycles. The SMILES string of the molecule is CN1CCCN(C)C2(CCN(C(=O)Cn3ccc4ccccc43)CC2)C1. The van der Waals surface area contributed by atoms with Crippen molar-refractivity contribution in [3.8, 4) is 0 Å². The van der Waals surface area contributed by atoms with Gasteiger partial charge >= 0.3 is 0 Å². The maximum atomic E-state index is 12.9. The second-order valence-corrected chi connectivity index (χ2v) is 8.12. The highest BCUT2D eigenvalue weighted by Crippen LogP contribution is 2.31. The van der Waals surface area contributed by atoms with E-state index in [1.807, 2.05) is 18.3 Å². The van der Waals surface area contributed by atoms with Gasteiger partial charge in [-0.1, -0.05) is 18.2 Å². The van der Waals surface area contributed by atoms with Gasteiger partial charge < -0.3 is 14.4 Å². The molecule has 0 aliphatic carbocycles. The predicted octanol–water partition coefficient (Wildman–Crippen LogP) is 2.27. The first kappa shape index (κ1) is 17.6. The van der Waals surface area contributed by atoms with E-state index >= 15 is 0 Å². The van der Waals surface area contributed by atoms with Gasteiger partial charge in [0.25, 0.3) is 0 Å². The largest absolute Gasteiger partial charge is 0.341 e. The van der Waals surface area contributed by atoms with Crippen molar-refractivity contribution in [1.82, 2.24) is 19.3 Å². The molecule has 0 bridgehead atoms. The van der Waals surface area contributed by atoms with Crippen LogP contribution in [0.1, 0.15) is 19.3 Å². The fraction of sp³-hybridized carbons (Fsp3) is 0.571. The zero-order valence-electron chi connectivity index (χ0n) is 16.0. The average Bonchev–Trinajstić information content (AvgIpc) is 2.99. The number of hydrogen-bond acceptors (Lipinski definition) is 3. The first-order valence-electron chi connectivity index (χ1n) is 9.79. The molecule has 5 nitrogen and oxygen atoms in total. The van der Waals surface area contributed by atoms with Gasteiger partial charge in [-0.3, -0.25) is 9.69 Å². The first-order chi connectivity index (χ1) is 12.6. The molecule has 140 valence electrons. The third-order valence-electron chi connectivity index (χ3n) is 6.44. The van der Waals surface area contributed by atoms with E-state index in [4.69, 9.17) is 0 Å². The van der Waals surface area contributed by atoms with Crippen LogP contribution < -0.4 is 0 Å². The second-order valence-electron chi connectivity index (χ2n) is 8.12. The Morgan fingerprint density at radius 2 is 1.81 bits per heavy atom. The van der Waals surface area contributed by atoms with Crippen molar-refractivity contribution in [3.05, 3.63) is 36.5 Å². The van der Waals surface area contributed by atoms with Gasteiger partial charge in [0.2, 0.25) is 5.91 Å². The first-order valence-corrected chi connectivity index (χ1v) is 9.79. The van der Waals surface area contributed by atoms with E-state index in [-0.39, 0.29) is 11.4 Å². The van der Waals surface area contributed by atoms with E-state index in [1.165, 1.54) is 18.4 Å². The summed E-state index contributed by atoms with van der Waals surface area (Å²) in [4.78, 5) is 20.0. The Morgan fingerprint density at radius 1 is 1.04 bits per heavy atom. The van der Waals surface area contributed by atoms with Crippen LogP contribution in [0, 0.1) is 0 Å². The van der Waals surface area contributed by atoms with Crippen molar-refractivity contribution in [2.75, 3.05) is 46.8 Å². The Bertz CT molecular complexity index is 775. The van der Waals surface area contributed by atoms with Crippen molar-refractivity contribution in [2.45, 2.75) is 31.3 Å². The van der Waals surface area contributed by atoms with Crippen LogP contribution in [-0.2, 0) is 11.3 Å². The van der Waals surface area contributed by atoms with Crippen LogP contribution in [-0.4, -0.2) is 77.5 Å². The predicted molar refractivity (Wildman–Crippen MR) is 105 cm³/mol. The van der Waals surface area contributed by atoms with Gasteiger partial charge in [0.05, 0.1) is 0 Å². The van der Waals surface area contributed by atoms with Crippen LogP contribution in [0.2, 0.25) is 0 Å². The molecule has 3 heterocycles. The molecule has 1 aromatic carbocycles. The van der Waals surface area contributed by atoms with Gasteiger partial charge in [0, 0.05) is 36.9 Å². The number of para-hydroxylation sites is 1.